The number of methoxy groups -OCH3 is 1. The highest BCUT2D eigenvalue weighted by molar-refractivity contribution is 7.92. The molecule has 0 atom stereocenters. The van der Waals surface area contributed by atoms with Crippen LogP contribution in [-0.4, -0.2) is 36.5 Å². The summed E-state index contributed by atoms with van der Waals surface area (Å²) in [4.78, 5) is 24.9. The molecule has 0 unspecified atom stereocenters. The Morgan fingerprint density at radius 1 is 1.06 bits per heavy atom. The molecule has 0 aliphatic rings. The average Bonchev–Trinajstić information content (AvgIpc) is 2.84. The zero-order valence-corrected chi connectivity index (χ0v) is 19.1. The first kappa shape index (κ1) is 22.9. The molecule has 1 heterocycles. The Morgan fingerprint density at radius 3 is 2.53 bits per heavy atom. The third-order valence-electron chi connectivity index (χ3n) is 4.94. The number of fused-ring (bicyclic) bond motifs is 1. The van der Waals surface area contributed by atoms with E-state index in [1.807, 2.05) is 6.92 Å². The van der Waals surface area contributed by atoms with Crippen molar-refractivity contribution in [1.29, 1.82) is 0 Å². The van der Waals surface area contributed by atoms with Crippen molar-refractivity contribution < 1.29 is 22.7 Å². The number of anilines is 1. The summed E-state index contributed by atoms with van der Waals surface area (Å²) in [5.41, 5.74) is 1.22. The van der Waals surface area contributed by atoms with Gasteiger partial charge >= 0.3 is 5.97 Å². The van der Waals surface area contributed by atoms with Crippen LogP contribution in [0.3, 0.4) is 0 Å². The topological polar surface area (TPSA) is 129 Å². The molecular formula is C23H20N4O6S. The number of aryl methyl sites for hydroxylation is 1. The summed E-state index contributed by atoms with van der Waals surface area (Å²) in [5, 5.41) is 8.01. The first-order valence-corrected chi connectivity index (χ1v) is 11.5. The maximum atomic E-state index is 13.0. The van der Waals surface area contributed by atoms with E-state index in [0.717, 1.165) is 16.3 Å². The Morgan fingerprint density at radius 2 is 1.79 bits per heavy atom. The Labute approximate surface area is 194 Å². The fourth-order valence-corrected chi connectivity index (χ4v) is 4.41. The summed E-state index contributed by atoms with van der Waals surface area (Å²) in [6.45, 7) is 1.39. The van der Waals surface area contributed by atoms with Gasteiger partial charge in [0.25, 0.3) is 15.6 Å². The second-order valence-corrected chi connectivity index (χ2v) is 8.96. The molecule has 0 aliphatic carbocycles. The standard InChI is InChI=1S/C23H20N4O6S/c1-15-7-10-17(11-8-15)25-34(30,31)21-13-16(9-12-20(21)32-2)23(29)33-14-27-22(28)18-5-3-4-6-19(18)24-26-27/h3-13,25H,14H2,1-2H3. The highest BCUT2D eigenvalue weighted by atomic mass is 32.2. The highest BCUT2D eigenvalue weighted by Crippen LogP contribution is 2.27. The van der Waals surface area contributed by atoms with Crippen molar-refractivity contribution in [3.05, 3.63) is 88.2 Å². The van der Waals surface area contributed by atoms with Crippen molar-refractivity contribution in [2.45, 2.75) is 18.6 Å². The molecule has 11 heteroatoms. The number of carbonyl (C=O) groups excluding carboxylic acids is 1. The summed E-state index contributed by atoms with van der Waals surface area (Å²) in [5.74, 6) is -0.802. The average molecular weight is 481 g/mol. The number of nitrogens with zero attached hydrogens (tertiary/aromatic N) is 3. The van der Waals surface area contributed by atoms with Crippen molar-refractivity contribution in [1.82, 2.24) is 15.0 Å². The highest BCUT2D eigenvalue weighted by Gasteiger charge is 2.23. The van der Waals surface area contributed by atoms with Crippen LogP contribution in [0.2, 0.25) is 0 Å². The number of carbonyl (C=O) groups is 1. The van der Waals surface area contributed by atoms with E-state index in [-0.39, 0.29) is 16.2 Å². The minimum absolute atomic E-state index is 0.0489. The Bertz CT molecular complexity index is 1530. The molecule has 4 aromatic rings. The second kappa shape index (κ2) is 9.32. The van der Waals surface area contributed by atoms with Crippen LogP contribution in [0.25, 0.3) is 10.9 Å². The van der Waals surface area contributed by atoms with Gasteiger partial charge in [-0.25, -0.2) is 13.2 Å². The van der Waals surface area contributed by atoms with Gasteiger partial charge in [-0.15, -0.1) is 5.10 Å². The number of esters is 1. The largest absolute Gasteiger partial charge is 0.495 e. The molecule has 0 bridgehead atoms. The third-order valence-corrected chi connectivity index (χ3v) is 6.34. The first-order chi connectivity index (χ1) is 16.3. The Hall–Kier alpha value is -4.25. The molecule has 10 nitrogen and oxygen atoms in total. The summed E-state index contributed by atoms with van der Waals surface area (Å²) in [6, 6.07) is 17.3. The fraction of sp³-hybridized carbons (Fsp3) is 0.130. The molecule has 3 aromatic carbocycles. The van der Waals surface area contributed by atoms with E-state index >= 15 is 0 Å². The number of sulfonamides is 1. The van der Waals surface area contributed by atoms with Crippen LogP contribution < -0.4 is 15.0 Å². The first-order valence-electron chi connectivity index (χ1n) is 10.1. The number of nitrogens with one attached hydrogen (secondary N) is 1. The number of hydrogen-bond acceptors (Lipinski definition) is 8. The van der Waals surface area contributed by atoms with Gasteiger partial charge in [0.2, 0.25) is 0 Å². The summed E-state index contributed by atoms with van der Waals surface area (Å²) in [6.07, 6.45) is 0. The van der Waals surface area contributed by atoms with Crippen LogP contribution in [-0.2, 0) is 21.5 Å². The number of benzene rings is 3. The normalized spacial score (nSPS) is 11.2. The molecule has 1 aromatic heterocycles. The maximum Gasteiger partial charge on any atom is 0.339 e. The van der Waals surface area contributed by atoms with Gasteiger partial charge in [-0.1, -0.05) is 35.0 Å². The van der Waals surface area contributed by atoms with Crippen LogP contribution in [0.15, 0.2) is 76.4 Å². The molecule has 0 saturated carbocycles. The number of hydrogen-bond donors (Lipinski definition) is 1. The fourth-order valence-electron chi connectivity index (χ4n) is 3.16. The van der Waals surface area contributed by atoms with Crippen LogP contribution in [0, 0.1) is 6.92 Å². The number of rotatable bonds is 7. The van der Waals surface area contributed by atoms with Gasteiger partial charge in [0.1, 0.15) is 16.2 Å². The molecule has 34 heavy (non-hydrogen) atoms. The molecule has 0 spiro atoms. The van der Waals surface area contributed by atoms with E-state index in [9.17, 15) is 18.0 Å². The second-order valence-electron chi connectivity index (χ2n) is 7.31. The van der Waals surface area contributed by atoms with Crippen molar-refractivity contribution in [2.75, 3.05) is 11.8 Å². The van der Waals surface area contributed by atoms with Crippen molar-refractivity contribution in [3.8, 4) is 5.75 Å². The molecule has 0 saturated heterocycles. The molecule has 0 aliphatic heterocycles. The number of aromatic nitrogens is 3. The predicted molar refractivity (Wildman–Crippen MR) is 124 cm³/mol. The molecule has 0 fully saturated rings. The van der Waals surface area contributed by atoms with Gasteiger partial charge in [-0.3, -0.25) is 9.52 Å². The van der Waals surface area contributed by atoms with E-state index in [4.69, 9.17) is 9.47 Å². The Balaban J connectivity index is 1.57. The van der Waals surface area contributed by atoms with Gasteiger partial charge in [0.05, 0.1) is 18.1 Å². The summed E-state index contributed by atoms with van der Waals surface area (Å²) in [7, 11) is -2.76. The molecule has 0 amide bonds. The predicted octanol–water partition coefficient (Wildman–Crippen LogP) is 2.72. The Kier molecular flexibility index (Phi) is 6.28. The minimum atomic E-state index is -4.08. The minimum Gasteiger partial charge on any atom is -0.495 e. The third kappa shape index (κ3) is 4.74. The van der Waals surface area contributed by atoms with Crippen LogP contribution in [0.5, 0.6) is 5.75 Å². The van der Waals surface area contributed by atoms with Crippen LogP contribution in [0.1, 0.15) is 15.9 Å². The molecule has 174 valence electrons. The summed E-state index contributed by atoms with van der Waals surface area (Å²) >= 11 is 0. The number of ether oxygens (including phenoxy) is 2. The molecule has 1 N–H and O–H groups in total. The van der Waals surface area contributed by atoms with Gasteiger partial charge in [0.15, 0.2) is 6.73 Å². The quantitative estimate of drug-likeness (QED) is 0.400. The van der Waals surface area contributed by atoms with Crippen LogP contribution in [0.4, 0.5) is 5.69 Å². The van der Waals surface area contributed by atoms with Crippen molar-refractivity contribution in [3.63, 3.8) is 0 Å². The lowest BCUT2D eigenvalue weighted by atomic mass is 10.2. The zero-order chi connectivity index (χ0) is 24.3. The molecular weight excluding hydrogens is 460 g/mol. The smallest absolute Gasteiger partial charge is 0.339 e. The lowest BCUT2D eigenvalue weighted by Crippen LogP contribution is -2.26. The van der Waals surface area contributed by atoms with E-state index < -0.39 is 28.3 Å². The van der Waals surface area contributed by atoms with Gasteiger partial charge in [-0.2, -0.15) is 4.68 Å². The van der Waals surface area contributed by atoms with E-state index in [2.05, 4.69) is 15.0 Å². The lowest BCUT2D eigenvalue weighted by molar-refractivity contribution is 0.0335. The van der Waals surface area contributed by atoms with E-state index in [1.165, 1.54) is 19.2 Å². The SMILES string of the molecule is COc1ccc(C(=O)OCn2nnc3ccccc3c2=O)cc1S(=O)(=O)Nc1ccc(C)cc1. The van der Waals surface area contributed by atoms with Gasteiger partial charge in [-0.05, 0) is 49.4 Å². The van der Waals surface area contributed by atoms with E-state index in [0.29, 0.717) is 16.6 Å². The molecule has 4 rings (SSSR count). The summed E-state index contributed by atoms with van der Waals surface area (Å²) < 4.78 is 39.7. The van der Waals surface area contributed by atoms with Crippen LogP contribution >= 0.6 is 0 Å². The van der Waals surface area contributed by atoms with Gasteiger partial charge in [0, 0.05) is 5.69 Å². The van der Waals surface area contributed by atoms with Crippen molar-refractivity contribution in [2.24, 2.45) is 0 Å². The molecule has 0 radical (unpaired) electrons. The van der Waals surface area contributed by atoms with E-state index in [1.54, 1.807) is 48.5 Å². The van der Waals surface area contributed by atoms with Crippen molar-refractivity contribution >= 4 is 32.6 Å². The zero-order valence-electron chi connectivity index (χ0n) is 18.3. The maximum absolute atomic E-state index is 13.0. The monoisotopic (exact) mass is 480 g/mol. The van der Waals surface area contributed by atoms with Gasteiger partial charge < -0.3 is 9.47 Å². The lowest BCUT2D eigenvalue weighted by Gasteiger charge is -2.13.